The molecule has 0 aromatic carbocycles. The molecule has 0 saturated carbocycles. The van der Waals surface area contributed by atoms with Gasteiger partial charge in [-0.15, -0.1) is 0 Å². The van der Waals surface area contributed by atoms with Gasteiger partial charge in [-0.25, -0.2) is 13.8 Å². The molecule has 0 aliphatic heterocycles. The highest BCUT2D eigenvalue weighted by atomic mass is 79.9. The molecule has 0 fully saturated rings. The third kappa shape index (κ3) is 1.95. The Kier molecular flexibility index (Phi) is 2.94. The fraction of sp³-hybridized carbons (Fsp3) is 0.167. The molecular formula is C6H3BrF2N2O3. The molecule has 1 aromatic rings. The summed E-state index contributed by atoms with van der Waals surface area (Å²) in [7, 11) is 0. The van der Waals surface area contributed by atoms with Gasteiger partial charge in [0.05, 0.1) is 6.07 Å². The maximum atomic E-state index is 12.2. The van der Waals surface area contributed by atoms with Crippen molar-refractivity contribution in [3.63, 3.8) is 0 Å². The Bertz CT molecular complexity index is 432. The van der Waals surface area contributed by atoms with Crippen LogP contribution in [0.5, 0.6) is 0 Å². The number of hydrogen-bond donors (Lipinski definition) is 1. The van der Waals surface area contributed by atoms with Crippen LogP contribution in [0.15, 0.2) is 15.3 Å². The van der Waals surface area contributed by atoms with E-state index in [2.05, 4.69) is 15.9 Å². The molecule has 8 heteroatoms. The van der Waals surface area contributed by atoms with E-state index < -0.39 is 32.8 Å². The van der Waals surface area contributed by atoms with Gasteiger partial charge in [-0.3, -0.25) is 4.79 Å². The largest absolute Gasteiger partial charge is 0.358 e. The number of rotatable bonds is 2. The molecule has 1 rings (SSSR count). The van der Waals surface area contributed by atoms with E-state index in [4.69, 9.17) is 0 Å². The fourth-order valence-corrected chi connectivity index (χ4v) is 1.18. The van der Waals surface area contributed by atoms with E-state index in [1.807, 2.05) is 4.98 Å². The van der Waals surface area contributed by atoms with Gasteiger partial charge in [0.15, 0.2) is 5.69 Å². The van der Waals surface area contributed by atoms with Crippen LogP contribution in [0.3, 0.4) is 0 Å². The van der Waals surface area contributed by atoms with Crippen LogP contribution in [0.25, 0.3) is 0 Å². The summed E-state index contributed by atoms with van der Waals surface area (Å²) in [6.45, 7) is 0. The molecule has 0 radical (unpaired) electrons. The number of pyridine rings is 1. The van der Waals surface area contributed by atoms with E-state index in [0.29, 0.717) is 6.07 Å². The van der Waals surface area contributed by atoms with Crippen LogP contribution in [0.2, 0.25) is 0 Å². The van der Waals surface area contributed by atoms with Crippen molar-refractivity contribution in [1.82, 2.24) is 4.98 Å². The van der Waals surface area contributed by atoms with E-state index >= 15 is 0 Å². The summed E-state index contributed by atoms with van der Waals surface area (Å²) in [6.07, 6.45) is -2.98. The zero-order valence-corrected chi connectivity index (χ0v) is 8.05. The molecular weight excluding hydrogens is 266 g/mol. The number of nitrogens with zero attached hydrogens (tertiary/aromatic N) is 1. The Hall–Kier alpha value is -1.31. The Balaban J connectivity index is 3.43. The highest BCUT2D eigenvalue weighted by Crippen LogP contribution is 2.24. The summed E-state index contributed by atoms with van der Waals surface area (Å²) < 4.78 is 24.1. The third-order valence-electron chi connectivity index (χ3n) is 1.40. The highest BCUT2D eigenvalue weighted by molar-refractivity contribution is 9.10. The number of alkyl halides is 2. The minimum atomic E-state index is -2.98. The van der Waals surface area contributed by atoms with Crippen LogP contribution in [0.4, 0.5) is 14.6 Å². The summed E-state index contributed by atoms with van der Waals surface area (Å²) in [5, 5.41) is 10.2. The topological polar surface area (TPSA) is 76.0 Å². The average molecular weight is 269 g/mol. The minimum absolute atomic E-state index is 0.391. The van der Waals surface area contributed by atoms with Crippen LogP contribution in [-0.4, -0.2) is 9.91 Å². The second-order valence-electron chi connectivity index (χ2n) is 2.30. The SMILES string of the molecule is O=c1cc([N+](=O)[O-])[nH]c(C(F)F)c1Br. The Morgan fingerprint density at radius 1 is 1.57 bits per heavy atom. The molecule has 0 aliphatic rings. The molecule has 1 aromatic heterocycles. The molecule has 0 bridgehead atoms. The zero-order chi connectivity index (χ0) is 10.9. The molecule has 0 amide bonds. The van der Waals surface area contributed by atoms with E-state index in [-0.39, 0.29) is 0 Å². The first-order chi connectivity index (χ1) is 6.43. The van der Waals surface area contributed by atoms with E-state index in [1.165, 1.54) is 0 Å². The second kappa shape index (κ2) is 3.82. The number of aromatic amines is 1. The standard InChI is InChI=1S/C6H3BrF2N2O3/c7-4-2(12)1-3(11(13)14)10-5(4)6(8)9/h1,6H,(H,10,12). The molecule has 0 spiro atoms. The average Bonchev–Trinajstić information content (AvgIpc) is 2.08. The van der Waals surface area contributed by atoms with Crippen LogP contribution >= 0.6 is 15.9 Å². The van der Waals surface area contributed by atoms with Crippen LogP contribution in [0, 0.1) is 10.1 Å². The number of aromatic nitrogens is 1. The van der Waals surface area contributed by atoms with E-state index in [0.717, 1.165) is 0 Å². The lowest BCUT2D eigenvalue weighted by Gasteiger charge is -2.00. The summed E-state index contributed by atoms with van der Waals surface area (Å²) >= 11 is 2.62. The number of halogens is 3. The lowest BCUT2D eigenvalue weighted by molar-refractivity contribution is -0.389. The third-order valence-corrected chi connectivity index (χ3v) is 2.22. The number of hydrogen-bond acceptors (Lipinski definition) is 3. The van der Waals surface area contributed by atoms with Gasteiger partial charge < -0.3 is 10.1 Å². The first kappa shape index (κ1) is 10.8. The monoisotopic (exact) mass is 268 g/mol. The molecule has 0 aliphatic carbocycles. The normalized spacial score (nSPS) is 10.6. The maximum Gasteiger partial charge on any atom is 0.325 e. The maximum absolute atomic E-state index is 12.2. The van der Waals surface area contributed by atoms with Gasteiger partial charge in [-0.05, 0) is 20.9 Å². The first-order valence-electron chi connectivity index (χ1n) is 3.28. The molecule has 14 heavy (non-hydrogen) atoms. The minimum Gasteiger partial charge on any atom is -0.358 e. The van der Waals surface area contributed by atoms with Crippen molar-refractivity contribution in [3.8, 4) is 0 Å². The molecule has 1 N–H and O–H groups in total. The van der Waals surface area contributed by atoms with Crippen molar-refractivity contribution in [1.29, 1.82) is 0 Å². The second-order valence-corrected chi connectivity index (χ2v) is 3.10. The first-order valence-corrected chi connectivity index (χ1v) is 4.08. The predicted octanol–water partition coefficient (Wildman–Crippen LogP) is 1.98. The van der Waals surface area contributed by atoms with Crippen LogP contribution in [0.1, 0.15) is 12.1 Å². The quantitative estimate of drug-likeness (QED) is 0.658. The van der Waals surface area contributed by atoms with E-state index in [1.54, 1.807) is 0 Å². The van der Waals surface area contributed by atoms with Gasteiger partial charge in [0.2, 0.25) is 5.43 Å². The number of nitro groups is 1. The summed E-state index contributed by atoms with van der Waals surface area (Å²) in [4.78, 5) is 22.1. The molecule has 76 valence electrons. The van der Waals surface area contributed by atoms with E-state index in [9.17, 15) is 23.7 Å². The van der Waals surface area contributed by atoms with Gasteiger partial charge in [0.25, 0.3) is 6.43 Å². The van der Waals surface area contributed by atoms with Crippen molar-refractivity contribution >= 4 is 21.7 Å². The van der Waals surface area contributed by atoms with Gasteiger partial charge in [-0.2, -0.15) is 0 Å². The van der Waals surface area contributed by atoms with Crippen molar-refractivity contribution < 1.29 is 13.7 Å². The zero-order valence-electron chi connectivity index (χ0n) is 6.46. The predicted molar refractivity (Wildman–Crippen MR) is 46.4 cm³/mol. The van der Waals surface area contributed by atoms with Gasteiger partial charge in [0, 0.05) is 0 Å². The summed E-state index contributed by atoms with van der Waals surface area (Å²) in [5.74, 6) is -0.756. The molecule has 5 nitrogen and oxygen atoms in total. The smallest absolute Gasteiger partial charge is 0.325 e. The van der Waals surface area contributed by atoms with Crippen molar-refractivity contribution in [2.75, 3.05) is 0 Å². The molecule has 0 atom stereocenters. The van der Waals surface area contributed by atoms with Crippen LogP contribution < -0.4 is 5.43 Å². The fourth-order valence-electron chi connectivity index (χ4n) is 0.798. The molecule has 0 saturated heterocycles. The van der Waals surface area contributed by atoms with Crippen molar-refractivity contribution in [3.05, 3.63) is 36.6 Å². The van der Waals surface area contributed by atoms with Gasteiger partial charge >= 0.3 is 5.82 Å². The highest BCUT2D eigenvalue weighted by Gasteiger charge is 2.21. The lowest BCUT2D eigenvalue weighted by atomic mass is 10.3. The van der Waals surface area contributed by atoms with Crippen molar-refractivity contribution in [2.45, 2.75) is 6.43 Å². The van der Waals surface area contributed by atoms with Crippen molar-refractivity contribution in [2.24, 2.45) is 0 Å². The van der Waals surface area contributed by atoms with Gasteiger partial charge in [-0.1, -0.05) is 0 Å². The summed E-state index contributed by atoms with van der Waals surface area (Å²) in [5.41, 5.74) is -1.64. The Labute approximate surface area is 84.0 Å². The Morgan fingerprint density at radius 3 is 2.57 bits per heavy atom. The summed E-state index contributed by atoms with van der Waals surface area (Å²) in [6, 6.07) is 0.635. The number of nitrogens with one attached hydrogen (secondary N) is 1. The van der Waals surface area contributed by atoms with Gasteiger partial charge in [0.1, 0.15) is 4.47 Å². The van der Waals surface area contributed by atoms with Crippen LogP contribution in [-0.2, 0) is 0 Å². The molecule has 0 unspecified atom stereocenters. The Morgan fingerprint density at radius 2 is 2.14 bits per heavy atom. The molecule has 1 heterocycles. The number of H-pyrrole nitrogens is 1. The lowest BCUT2D eigenvalue weighted by Crippen LogP contribution is -2.09.